The first-order valence-corrected chi connectivity index (χ1v) is 9.39. The van der Waals surface area contributed by atoms with Crippen molar-refractivity contribution in [1.29, 1.82) is 0 Å². The quantitative estimate of drug-likeness (QED) is 0.532. The molecule has 0 saturated heterocycles. The standard InChI is InChI=1S/C23H25N5/c1-27(2)18-12-8-16(9-13-18)22(17-10-14-19(15-11-17)28(3)4)20-6-5-7-21-23(20)25-26-24-21/h5-15,22H,1-4H3,(H,24,25,26). The smallest absolute Gasteiger partial charge is 0.117 e. The Balaban J connectivity index is 1.86. The zero-order valence-corrected chi connectivity index (χ0v) is 16.7. The second kappa shape index (κ2) is 7.35. The highest BCUT2D eigenvalue weighted by Gasteiger charge is 2.21. The number of fused-ring (bicyclic) bond motifs is 1. The summed E-state index contributed by atoms with van der Waals surface area (Å²) in [6.07, 6.45) is 0. The van der Waals surface area contributed by atoms with Crippen LogP contribution in [-0.4, -0.2) is 43.6 Å². The van der Waals surface area contributed by atoms with Gasteiger partial charge in [-0.3, -0.25) is 5.10 Å². The van der Waals surface area contributed by atoms with Crippen molar-refractivity contribution in [3.8, 4) is 0 Å². The summed E-state index contributed by atoms with van der Waals surface area (Å²) in [5.41, 5.74) is 7.87. The van der Waals surface area contributed by atoms with Crippen molar-refractivity contribution in [2.75, 3.05) is 38.0 Å². The summed E-state index contributed by atoms with van der Waals surface area (Å²) < 4.78 is 0. The van der Waals surface area contributed by atoms with Gasteiger partial charge in [-0.05, 0) is 47.0 Å². The molecule has 0 spiro atoms. The third kappa shape index (κ3) is 3.31. The fourth-order valence-corrected chi connectivity index (χ4v) is 3.61. The molecule has 5 nitrogen and oxygen atoms in total. The van der Waals surface area contributed by atoms with Crippen molar-refractivity contribution in [2.24, 2.45) is 0 Å². The molecule has 142 valence electrons. The van der Waals surface area contributed by atoms with Gasteiger partial charge in [0.05, 0.1) is 5.52 Å². The second-order valence-electron chi connectivity index (χ2n) is 7.46. The van der Waals surface area contributed by atoms with Crippen LogP contribution in [0.2, 0.25) is 0 Å². The number of benzene rings is 3. The van der Waals surface area contributed by atoms with Crippen LogP contribution in [0.15, 0.2) is 66.7 Å². The van der Waals surface area contributed by atoms with E-state index in [0.29, 0.717) is 0 Å². The van der Waals surface area contributed by atoms with E-state index >= 15 is 0 Å². The maximum absolute atomic E-state index is 4.36. The molecule has 0 amide bonds. The first kappa shape index (κ1) is 18.0. The van der Waals surface area contributed by atoms with Crippen LogP contribution < -0.4 is 9.80 Å². The molecule has 28 heavy (non-hydrogen) atoms. The van der Waals surface area contributed by atoms with Gasteiger partial charge >= 0.3 is 0 Å². The molecule has 1 heterocycles. The predicted molar refractivity (Wildman–Crippen MR) is 116 cm³/mol. The van der Waals surface area contributed by atoms with Crippen molar-refractivity contribution in [1.82, 2.24) is 15.4 Å². The number of anilines is 2. The van der Waals surface area contributed by atoms with E-state index < -0.39 is 0 Å². The minimum atomic E-state index is 0.0845. The van der Waals surface area contributed by atoms with Crippen molar-refractivity contribution in [2.45, 2.75) is 5.92 Å². The highest BCUT2D eigenvalue weighted by Crippen LogP contribution is 2.36. The third-order valence-corrected chi connectivity index (χ3v) is 5.18. The van der Waals surface area contributed by atoms with Crippen molar-refractivity contribution in [3.05, 3.63) is 83.4 Å². The third-order valence-electron chi connectivity index (χ3n) is 5.18. The van der Waals surface area contributed by atoms with Gasteiger partial charge in [0, 0.05) is 45.5 Å². The highest BCUT2D eigenvalue weighted by atomic mass is 15.3. The predicted octanol–water partition coefficient (Wildman–Crippen LogP) is 4.27. The molecule has 1 N–H and O–H groups in total. The molecule has 0 fully saturated rings. The monoisotopic (exact) mass is 371 g/mol. The van der Waals surface area contributed by atoms with Crippen LogP contribution in [0.1, 0.15) is 22.6 Å². The number of aromatic nitrogens is 3. The Kier molecular flexibility index (Phi) is 4.74. The van der Waals surface area contributed by atoms with Crippen LogP contribution in [0.3, 0.4) is 0 Å². The molecular formula is C23H25N5. The first-order valence-electron chi connectivity index (χ1n) is 9.39. The average molecular weight is 371 g/mol. The number of rotatable bonds is 5. The number of nitrogens with zero attached hydrogens (tertiary/aromatic N) is 4. The van der Waals surface area contributed by atoms with Gasteiger partial charge in [0.15, 0.2) is 0 Å². The molecule has 0 radical (unpaired) electrons. The molecule has 0 bridgehead atoms. The van der Waals surface area contributed by atoms with E-state index in [1.807, 2.05) is 6.07 Å². The van der Waals surface area contributed by atoms with E-state index in [-0.39, 0.29) is 5.92 Å². The van der Waals surface area contributed by atoms with E-state index in [1.54, 1.807) is 0 Å². The van der Waals surface area contributed by atoms with E-state index in [2.05, 4.69) is 114 Å². The minimum absolute atomic E-state index is 0.0845. The molecule has 0 atom stereocenters. The van der Waals surface area contributed by atoms with Crippen LogP contribution in [-0.2, 0) is 0 Å². The molecular weight excluding hydrogens is 346 g/mol. The molecule has 0 aliphatic carbocycles. The Bertz CT molecular complexity index is 1010. The molecule has 3 aromatic carbocycles. The average Bonchev–Trinajstić information content (AvgIpc) is 3.19. The van der Waals surface area contributed by atoms with Gasteiger partial charge in [-0.1, -0.05) is 41.6 Å². The summed E-state index contributed by atoms with van der Waals surface area (Å²) in [7, 11) is 8.23. The summed E-state index contributed by atoms with van der Waals surface area (Å²) in [5, 5.41) is 11.4. The van der Waals surface area contributed by atoms with Crippen molar-refractivity contribution in [3.63, 3.8) is 0 Å². The maximum atomic E-state index is 4.36. The Labute approximate surface area is 165 Å². The van der Waals surface area contributed by atoms with Gasteiger partial charge < -0.3 is 9.80 Å². The van der Waals surface area contributed by atoms with Gasteiger partial charge in [-0.25, -0.2) is 0 Å². The normalized spacial score (nSPS) is 11.2. The van der Waals surface area contributed by atoms with Crippen LogP contribution in [0.4, 0.5) is 11.4 Å². The zero-order chi connectivity index (χ0) is 19.7. The Morgan fingerprint density at radius 2 is 1.25 bits per heavy atom. The van der Waals surface area contributed by atoms with Gasteiger partial charge in [-0.15, -0.1) is 5.10 Å². The molecule has 1 aromatic heterocycles. The highest BCUT2D eigenvalue weighted by molar-refractivity contribution is 5.79. The topological polar surface area (TPSA) is 48.0 Å². The molecule has 0 aliphatic heterocycles. The number of hydrogen-bond donors (Lipinski definition) is 1. The lowest BCUT2D eigenvalue weighted by atomic mass is 9.84. The van der Waals surface area contributed by atoms with E-state index in [1.165, 1.54) is 22.5 Å². The maximum Gasteiger partial charge on any atom is 0.117 e. The summed E-state index contributed by atoms with van der Waals surface area (Å²) in [4.78, 5) is 4.23. The van der Waals surface area contributed by atoms with Crippen LogP contribution in [0.5, 0.6) is 0 Å². The van der Waals surface area contributed by atoms with Crippen molar-refractivity contribution >= 4 is 22.4 Å². The summed E-state index contributed by atoms with van der Waals surface area (Å²) in [6, 6.07) is 23.7. The Hall–Kier alpha value is -3.34. The van der Waals surface area contributed by atoms with E-state index in [4.69, 9.17) is 0 Å². The molecule has 5 heteroatoms. The largest absolute Gasteiger partial charge is 0.378 e. The van der Waals surface area contributed by atoms with Crippen LogP contribution in [0, 0.1) is 0 Å². The molecule has 4 rings (SSSR count). The number of H-pyrrole nitrogens is 1. The molecule has 0 aliphatic rings. The van der Waals surface area contributed by atoms with Gasteiger partial charge in [0.1, 0.15) is 5.52 Å². The van der Waals surface area contributed by atoms with E-state index in [0.717, 1.165) is 16.6 Å². The summed E-state index contributed by atoms with van der Waals surface area (Å²) >= 11 is 0. The number of hydrogen-bond acceptors (Lipinski definition) is 4. The summed E-state index contributed by atoms with van der Waals surface area (Å²) in [5.74, 6) is 0.0845. The molecule has 0 unspecified atom stereocenters. The molecule has 0 saturated carbocycles. The first-order chi connectivity index (χ1) is 13.5. The molecule has 4 aromatic rings. The fraction of sp³-hybridized carbons (Fsp3) is 0.217. The minimum Gasteiger partial charge on any atom is -0.378 e. The SMILES string of the molecule is CN(C)c1ccc(C(c2ccc(N(C)C)cc2)c2cccc3[nH]nnc23)cc1. The lowest BCUT2D eigenvalue weighted by Crippen LogP contribution is -2.10. The zero-order valence-electron chi connectivity index (χ0n) is 16.7. The van der Waals surface area contributed by atoms with Gasteiger partial charge in [0.2, 0.25) is 0 Å². The summed E-state index contributed by atoms with van der Waals surface area (Å²) in [6.45, 7) is 0. The van der Waals surface area contributed by atoms with Gasteiger partial charge in [-0.2, -0.15) is 0 Å². The van der Waals surface area contributed by atoms with Crippen molar-refractivity contribution < 1.29 is 0 Å². The van der Waals surface area contributed by atoms with Crippen LogP contribution in [0.25, 0.3) is 11.0 Å². The van der Waals surface area contributed by atoms with Crippen LogP contribution >= 0.6 is 0 Å². The van der Waals surface area contributed by atoms with Gasteiger partial charge in [0.25, 0.3) is 0 Å². The second-order valence-corrected chi connectivity index (χ2v) is 7.46. The Morgan fingerprint density at radius 1 is 0.714 bits per heavy atom. The number of nitrogens with one attached hydrogen (secondary N) is 1. The lowest BCUT2D eigenvalue weighted by molar-refractivity contribution is 0.944. The van der Waals surface area contributed by atoms with E-state index in [9.17, 15) is 0 Å². The fourth-order valence-electron chi connectivity index (χ4n) is 3.61. The Morgan fingerprint density at radius 3 is 1.75 bits per heavy atom. The number of aromatic amines is 1. The lowest BCUT2D eigenvalue weighted by Gasteiger charge is -2.21.